The Balaban J connectivity index is 2.08. The van der Waals surface area contributed by atoms with Crippen LogP contribution in [-0.4, -0.2) is 34.8 Å². The zero-order chi connectivity index (χ0) is 19.3. The van der Waals surface area contributed by atoms with Gasteiger partial charge in [-0.05, 0) is 41.9 Å². The predicted octanol–water partition coefficient (Wildman–Crippen LogP) is 4.76. The van der Waals surface area contributed by atoms with Crippen molar-refractivity contribution in [1.29, 1.82) is 0 Å². The van der Waals surface area contributed by atoms with Crippen molar-refractivity contribution >= 4 is 28.0 Å². The normalized spacial score (nSPS) is 11.8. The van der Waals surface area contributed by atoms with Gasteiger partial charge in [-0.1, -0.05) is 6.07 Å². The molecule has 26 heavy (non-hydrogen) atoms. The second kappa shape index (κ2) is 8.48. The molecule has 0 aromatic carbocycles. The summed E-state index contributed by atoms with van der Waals surface area (Å²) < 4.78 is 43.7. The highest BCUT2D eigenvalue weighted by Crippen LogP contribution is 2.30. The third kappa shape index (κ3) is 5.42. The van der Waals surface area contributed by atoms with E-state index < -0.39 is 11.9 Å². The van der Waals surface area contributed by atoms with Crippen molar-refractivity contribution in [3.63, 3.8) is 0 Å². The van der Waals surface area contributed by atoms with Gasteiger partial charge in [-0.2, -0.15) is 13.2 Å². The van der Waals surface area contributed by atoms with Crippen molar-refractivity contribution in [1.82, 2.24) is 14.9 Å². The molecule has 0 unspecified atom stereocenters. The van der Waals surface area contributed by atoms with E-state index in [-0.39, 0.29) is 6.61 Å². The van der Waals surface area contributed by atoms with Gasteiger partial charge in [0.15, 0.2) is 0 Å². The molecule has 0 aliphatic carbocycles. The minimum atomic E-state index is -4.46. The number of hydrogen-bond acceptors (Lipinski definition) is 4. The van der Waals surface area contributed by atoms with Crippen LogP contribution in [0, 0.1) is 6.92 Å². The first-order chi connectivity index (χ1) is 12.2. The van der Waals surface area contributed by atoms with Crippen molar-refractivity contribution in [2.24, 2.45) is 4.99 Å². The number of pyridine rings is 2. The Morgan fingerprint density at radius 1 is 1.35 bits per heavy atom. The number of alkyl halides is 3. The van der Waals surface area contributed by atoms with Gasteiger partial charge in [0.05, 0.1) is 22.2 Å². The summed E-state index contributed by atoms with van der Waals surface area (Å²) in [5, 5.41) is 0. The van der Waals surface area contributed by atoms with E-state index in [0.29, 0.717) is 27.3 Å². The molecule has 0 aliphatic heterocycles. The molecule has 0 atom stereocenters. The largest absolute Gasteiger partial charge is 0.472 e. The molecule has 2 aromatic heterocycles. The van der Waals surface area contributed by atoms with E-state index in [4.69, 9.17) is 4.74 Å². The molecule has 0 N–H and O–H groups in total. The van der Waals surface area contributed by atoms with E-state index in [2.05, 4.69) is 30.9 Å². The first kappa shape index (κ1) is 20.2. The third-order valence-electron chi connectivity index (χ3n) is 3.49. The number of nitrogens with zero attached hydrogens (tertiary/aromatic N) is 4. The molecule has 2 aromatic rings. The Bertz CT molecular complexity index is 779. The number of ether oxygens (including phenoxy) is 1. The van der Waals surface area contributed by atoms with Crippen LogP contribution in [0.5, 0.6) is 5.88 Å². The van der Waals surface area contributed by atoms with Crippen LogP contribution in [-0.2, 0) is 12.8 Å². The zero-order valence-electron chi connectivity index (χ0n) is 14.5. The lowest BCUT2D eigenvalue weighted by Gasteiger charge is -2.11. The molecular weight excluding hydrogens is 413 g/mol. The first-order valence-corrected chi connectivity index (χ1v) is 8.56. The van der Waals surface area contributed by atoms with Crippen LogP contribution in [0.1, 0.15) is 23.9 Å². The zero-order valence-corrected chi connectivity index (χ0v) is 16.1. The number of hydrogen-bond donors (Lipinski definition) is 0. The number of aliphatic imine (C=N–C) groups is 1. The molecule has 0 aliphatic rings. The van der Waals surface area contributed by atoms with Gasteiger partial charge in [0.25, 0.3) is 0 Å². The van der Waals surface area contributed by atoms with Gasteiger partial charge < -0.3 is 9.64 Å². The van der Waals surface area contributed by atoms with Crippen molar-refractivity contribution in [2.75, 3.05) is 13.6 Å². The Kier molecular flexibility index (Phi) is 6.57. The Labute approximate surface area is 158 Å². The van der Waals surface area contributed by atoms with E-state index in [1.165, 1.54) is 6.07 Å². The Hall–Kier alpha value is -2.16. The van der Waals surface area contributed by atoms with Crippen LogP contribution >= 0.6 is 15.9 Å². The minimum absolute atomic E-state index is 0.0529. The average Bonchev–Trinajstić information content (AvgIpc) is 2.60. The van der Waals surface area contributed by atoms with E-state index in [9.17, 15) is 13.2 Å². The summed E-state index contributed by atoms with van der Waals surface area (Å²) in [5.41, 5.74) is 0.946. The van der Waals surface area contributed by atoms with E-state index in [0.717, 1.165) is 18.8 Å². The molecule has 0 spiro atoms. The molecule has 9 heteroatoms. The van der Waals surface area contributed by atoms with Gasteiger partial charge in [-0.25, -0.2) is 9.98 Å². The molecular formula is C17H18BrF3N4O. The summed E-state index contributed by atoms with van der Waals surface area (Å²) in [6.45, 7) is 4.70. The van der Waals surface area contributed by atoms with Crippen LogP contribution in [0.3, 0.4) is 0 Å². The van der Waals surface area contributed by atoms with Gasteiger partial charge >= 0.3 is 6.18 Å². The van der Waals surface area contributed by atoms with Gasteiger partial charge in [0.2, 0.25) is 5.88 Å². The monoisotopic (exact) mass is 430 g/mol. The minimum Gasteiger partial charge on any atom is -0.472 e. The molecule has 5 nitrogen and oxygen atoms in total. The van der Waals surface area contributed by atoms with Crippen LogP contribution in [0.25, 0.3) is 0 Å². The first-order valence-electron chi connectivity index (χ1n) is 7.77. The summed E-state index contributed by atoms with van der Waals surface area (Å²) >= 11 is 3.38. The molecule has 0 saturated carbocycles. The van der Waals surface area contributed by atoms with Crippen molar-refractivity contribution in [3.05, 3.63) is 45.8 Å². The maximum atomic E-state index is 12.5. The molecule has 2 heterocycles. The Morgan fingerprint density at radius 2 is 2.08 bits per heavy atom. The molecule has 0 saturated heterocycles. The second-order valence-corrected chi connectivity index (χ2v) is 6.39. The molecule has 0 radical (unpaired) electrons. The van der Waals surface area contributed by atoms with Crippen LogP contribution in [0.4, 0.5) is 18.9 Å². The summed E-state index contributed by atoms with van der Waals surface area (Å²) in [5.74, 6) is 0.338. The van der Waals surface area contributed by atoms with Gasteiger partial charge in [-0.3, -0.25) is 4.98 Å². The summed E-state index contributed by atoms with van der Waals surface area (Å²) in [6.07, 6.45) is -1.60. The van der Waals surface area contributed by atoms with Crippen molar-refractivity contribution < 1.29 is 17.9 Å². The van der Waals surface area contributed by atoms with Gasteiger partial charge in [0, 0.05) is 25.4 Å². The second-order valence-electron chi connectivity index (χ2n) is 5.54. The predicted molar refractivity (Wildman–Crippen MR) is 96.7 cm³/mol. The van der Waals surface area contributed by atoms with Crippen molar-refractivity contribution in [3.8, 4) is 5.88 Å². The van der Waals surface area contributed by atoms with E-state index >= 15 is 0 Å². The topological polar surface area (TPSA) is 50.6 Å². The van der Waals surface area contributed by atoms with Crippen LogP contribution in [0.15, 0.2) is 33.9 Å². The number of rotatable bonds is 6. The summed E-state index contributed by atoms with van der Waals surface area (Å²) in [7, 11) is 1.91. The summed E-state index contributed by atoms with van der Waals surface area (Å²) in [4.78, 5) is 14.0. The fourth-order valence-corrected chi connectivity index (χ4v) is 2.27. The highest BCUT2D eigenvalue weighted by atomic mass is 79.9. The summed E-state index contributed by atoms with van der Waals surface area (Å²) in [6, 6.07) is 4.03. The van der Waals surface area contributed by atoms with Crippen LogP contribution < -0.4 is 4.74 Å². The van der Waals surface area contributed by atoms with Crippen molar-refractivity contribution in [2.45, 2.75) is 26.6 Å². The fourth-order valence-electron chi connectivity index (χ4n) is 1.85. The number of aromatic nitrogens is 2. The van der Waals surface area contributed by atoms with Gasteiger partial charge in [-0.15, -0.1) is 0 Å². The SMILES string of the molecule is CCN(C)/C=N/c1cc(Br)c(OCc2ccc(C(F)(F)F)nc2)nc1C. The lowest BCUT2D eigenvalue weighted by Crippen LogP contribution is -2.14. The maximum absolute atomic E-state index is 12.5. The molecule has 140 valence electrons. The van der Waals surface area contributed by atoms with Gasteiger partial charge in [0.1, 0.15) is 12.3 Å². The molecule has 0 bridgehead atoms. The molecule has 0 fully saturated rings. The smallest absolute Gasteiger partial charge is 0.433 e. The lowest BCUT2D eigenvalue weighted by molar-refractivity contribution is -0.141. The number of halogens is 4. The Morgan fingerprint density at radius 3 is 2.65 bits per heavy atom. The standard InChI is InChI=1S/C17H18BrF3N4O/c1-4-25(3)10-23-14-7-13(18)16(24-11(14)2)26-9-12-5-6-15(22-8-12)17(19,20)21/h5-8,10H,4,9H2,1-3H3/b23-10+. The van der Waals surface area contributed by atoms with Crippen LogP contribution in [0.2, 0.25) is 0 Å². The fraction of sp³-hybridized carbons (Fsp3) is 0.353. The highest BCUT2D eigenvalue weighted by Gasteiger charge is 2.32. The lowest BCUT2D eigenvalue weighted by atomic mass is 10.2. The average molecular weight is 431 g/mol. The van der Waals surface area contributed by atoms with E-state index in [1.54, 1.807) is 19.3 Å². The van der Waals surface area contributed by atoms with E-state index in [1.807, 2.05) is 18.9 Å². The maximum Gasteiger partial charge on any atom is 0.433 e. The number of aryl methyl sites for hydroxylation is 1. The third-order valence-corrected chi connectivity index (χ3v) is 4.06. The molecule has 0 amide bonds. The highest BCUT2D eigenvalue weighted by molar-refractivity contribution is 9.10. The quantitative estimate of drug-likeness (QED) is 0.489. The molecule has 2 rings (SSSR count).